The lowest BCUT2D eigenvalue weighted by Gasteiger charge is -2.29. The van der Waals surface area contributed by atoms with Gasteiger partial charge < -0.3 is 4.74 Å². The van der Waals surface area contributed by atoms with Crippen LogP contribution in [0.25, 0.3) is 11.8 Å². The lowest BCUT2D eigenvalue weighted by Crippen LogP contribution is -2.28. The highest BCUT2D eigenvalue weighted by molar-refractivity contribution is 14.1. The molecule has 0 bridgehead atoms. The molecular formula is C17H11BrI3NO2. The summed E-state index contributed by atoms with van der Waals surface area (Å²) in [5, 5.41) is 0. The van der Waals surface area contributed by atoms with Crippen molar-refractivity contribution in [3.63, 3.8) is 0 Å². The van der Waals surface area contributed by atoms with Crippen molar-refractivity contribution in [1.82, 2.24) is 0 Å². The Morgan fingerprint density at radius 3 is 2.29 bits per heavy atom. The molecule has 2 aromatic rings. The van der Waals surface area contributed by atoms with E-state index in [1.807, 2.05) is 53.2 Å². The maximum absolute atomic E-state index is 12.3. The van der Waals surface area contributed by atoms with Crippen LogP contribution in [0, 0.1) is 21.0 Å². The second-order valence-electron chi connectivity index (χ2n) is 5.31. The van der Waals surface area contributed by atoms with Gasteiger partial charge in [-0.1, -0.05) is 28.1 Å². The number of cyclic esters (lactones) is 1. The van der Waals surface area contributed by atoms with Crippen LogP contribution in [0.1, 0.15) is 22.3 Å². The van der Waals surface area contributed by atoms with Gasteiger partial charge in [0, 0.05) is 11.6 Å². The minimum absolute atomic E-state index is 0.372. The molecule has 24 heavy (non-hydrogen) atoms. The van der Waals surface area contributed by atoms with Crippen LogP contribution >= 0.6 is 84.0 Å². The molecule has 1 aliphatic rings. The van der Waals surface area contributed by atoms with E-state index >= 15 is 0 Å². The van der Waals surface area contributed by atoms with E-state index in [1.165, 1.54) is 11.1 Å². The smallest absolute Gasteiger partial charge is 0.409 e. The van der Waals surface area contributed by atoms with Crippen LogP contribution in [0.3, 0.4) is 0 Å². The van der Waals surface area contributed by atoms with Crippen molar-refractivity contribution in [2.45, 2.75) is 13.8 Å². The standard InChI is InChI=1S/C17H11BrI3NO2/c1-8-9(2)15(20)16-13(14(8)19)12(24-17(23)22(16)21)7-10-3-5-11(18)6-4-10/h3-7H,1-2H3/b12-7-. The Bertz CT molecular complexity index is 879. The zero-order valence-electron chi connectivity index (χ0n) is 12.7. The van der Waals surface area contributed by atoms with Gasteiger partial charge in [-0.05, 0) is 93.9 Å². The highest BCUT2D eigenvalue weighted by Gasteiger charge is 2.33. The number of amides is 1. The predicted molar refractivity (Wildman–Crippen MR) is 126 cm³/mol. The van der Waals surface area contributed by atoms with Gasteiger partial charge in [-0.25, -0.2) is 7.91 Å². The van der Waals surface area contributed by atoms with Crippen LogP contribution in [-0.4, -0.2) is 6.09 Å². The van der Waals surface area contributed by atoms with Crippen molar-refractivity contribution in [1.29, 1.82) is 0 Å². The molecule has 0 unspecified atom stereocenters. The zero-order valence-corrected chi connectivity index (χ0v) is 20.7. The highest BCUT2D eigenvalue weighted by Crippen LogP contribution is 2.45. The Labute approximate surface area is 190 Å². The van der Waals surface area contributed by atoms with Gasteiger partial charge in [0.15, 0.2) is 0 Å². The van der Waals surface area contributed by atoms with Crippen LogP contribution in [0.15, 0.2) is 28.7 Å². The number of fused-ring (bicyclic) bond motifs is 1. The molecule has 7 heteroatoms. The van der Waals surface area contributed by atoms with Gasteiger partial charge in [-0.2, -0.15) is 0 Å². The molecule has 0 aliphatic carbocycles. The molecule has 1 amide bonds. The lowest BCUT2D eigenvalue weighted by atomic mass is 10.0. The summed E-state index contributed by atoms with van der Waals surface area (Å²) in [4.78, 5) is 12.3. The number of benzene rings is 2. The van der Waals surface area contributed by atoms with E-state index in [0.29, 0.717) is 5.76 Å². The second kappa shape index (κ2) is 7.39. The highest BCUT2D eigenvalue weighted by atomic mass is 127. The molecule has 124 valence electrons. The molecule has 3 nitrogen and oxygen atoms in total. The summed E-state index contributed by atoms with van der Waals surface area (Å²) in [6.45, 7) is 4.19. The van der Waals surface area contributed by atoms with E-state index in [0.717, 1.165) is 28.4 Å². The van der Waals surface area contributed by atoms with Gasteiger partial charge in [0.2, 0.25) is 0 Å². The normalized spacial score (nSPS) is 15.5. The van der Waals surface area contributed by atoms with Crippen molar-refractivity contribution in [3.05, 3.63) is 58.1 Å². The third kappa shape index (κ3) is 3.37. The van der Waals surface area contributed by atoms with Gasteiger partial charge in [-0.3, -0.25) is 0 Å². The molecular weight excluding hydrogens is 711 g/mol. The van der Waals surface area contributed by atoms with Gasteiger partial charge in [0.25, 0.3) is 0 Å². The fourth-order valence-electron chi connectivity index (χ4n) is 2.41. The van der Waals surface area contributed by atoms with Crippen molar-refractivity contribution in [2.24, 2.45) is 0 Å². The minimum atomic E-state index is -0.372. The molecule has 0 saturated carbocycles. The molecule has 0 aromatic heterocycles. The van der Waals surface area contributed by atoms with Gasteiger partial charge in [-0.15, -0.1) is 0 Å². The molecule has 0 radical (unpaired) electrons. The van der Waals surface area contributed by atoms with E-state index in [1.54, 1.807) is 3.11 Å². The summed E-state index contributed by atoms with van der Waals surface area (Å²) in [5.41, 5.74) is 5.27. The minimum Gasteiger partial charge on any atom is -0.409 e. The number of carbonyl (C=O) groups is 1. The van der Waals surface area contributed by atoms with Crippen molar-refractivity contribution < 1.29 is 9.53 Å². The first-order chi connectivity index (χ1) is 11.3. The maximum Gasteiger partial charge on any atom is 0.428 e. The molecule has 0 fully saturated rings. The van der Waals surface area contributed by atoms with E-state index in [2.05, 4.69) is 75.0 Å². The van der Waals surface area contributed by atoms with Crippen LogP contribution in [0.4, 0.5) is 10.5 Å². The molecule has 3 rings (SSSR count). The zero-order chi connectivity index (χ0) is 17.6. The average molecular weight is 722 g/mol. The van der Waals surface area contributed by atoms with Crippen LogP contribution < -0.4 is 3.11 Å². The molecule has 1 aliphatic heterocycles. The summed E-state index contributed by atoms with van der Waals surface area (Å²) in [6.07, 6.45) is 1.54. The quantitative estimate of drug-likeness (QED) is 0.233. The largest absolute Gasteiger partial charge is 0.428 e. The average Bonchev–Trinajstić information content (AvgIpc) is 2.56. The number of nitrogens with zero attached hydrogens (tertiary/aromatic N) is 1. The molecule has 1 heterocycles. The van der Waals surface area contributed by atoms with Crippen LogP contribution in [0.5, 0.6) is 0 Å². The molecule has 2 aromatic carbocycles. The number of anilines is 1. The number of hydrogen-bond acceptors (Lipinski definition) is 2. The third-order valence-corrected chi connectivity index (χ3v) is 7.93. The van der Waals surface area contributed by atoms with Crippen molar-refractivity contribution in [3.8, 4) is 0 Å². The summed E-state index contributed by atoms with van der Waals surface area (Å²) in [5.74, 6) is 0.593. The summed E-state index contributed by atoms with van der Waals surface area (Å²) in [6, 6.07) is 7.91. The van der Waals surface area contributed by atoms with Gasteiger partial charge >= 0.3 is 6.09 Å². The van der Waals surface area contributed by atoms with E-state index in [4.69, 9.17) is 4.74 Å². The Balaban J connectivity index is 2.27. The first kappa shape index (κ1) is 18.9. The molecule has 0 saturated heterocycles. The summed E-state index contributed by atoms with van der Waals surface area (Å²) in [7, 11) is 0. The Morgan fingerprint density at radius 2 is 1.67 bits per heavy atom. The number of carbonyl (C=O) groups excluding carboxylic acids is 1. The summed E-state index contributed by atoms with van der Waals surface area (Å²) < 4.78 is 10.4. The Morgan fingerprint density at radius 1 is 1.08 bits per heavy atom. The monoisotopic (exact) mass is 721 g/mol. The first-order valence-electron chi connectivity index (χ1n) is 6.94. The van der Waals surface area contributed by atoms with E-state index in [-0.39, 0.29) is 6.09 Å². The molecule has 0 spiro atoms. The summed E-state index contributed by atoms with van der Waals surface area (Å²) >= 11 is 10.1. The predicted octanol–water partition coefficient (Wildman–Crippen LogP) is 7.08. The Kier molecular flexibility index (Phi) is 5.82. The lowest BCUT2D eigenvalue weighted by molar-refractivity contribution is 0.203. The number of rotatable bonds is 1. The second-order valence-corrected chi connectivity index (χ2v) is 9.35. The fourth-order valence-corrected chi connectivity index (χ4v) is 5.55. The van der Waals surface area contributed by atoms with Crippen LogP contribution in [-0.2, 0) is 4.74 Å². The van der Waals surface area contributed by atoms with Crippen molar-refractivity contribution in [2.75, 3.05) is 3.11 Å². The van der Waals surface area contributed by atoms with E-state index < -0.39 is 0 Å². The Hall–Kier alpha value is 0.120. The van der Waals surface area contributed by atoms with Crippen LogP contribution in [0.2, 0.25) is 0 Å². The van der Waals surface area contributed by atoms with Crippen molar-refractivity contribution >= 4 is 108 Å². The molecule has 0 N–H and O–H groups in total. The number of hydrogen-bond donors (Lipinski definition) is 0. The number of halogens is 4. The van der Waals surface area contributed by atoms with E-state index in [9.17, 15) is 4.79 Å². The fraction of sp³-hybridized carbons (Fsp3) is 0.118. The number of ether oxygens (including phenoxy) is 1. The first-order valence-corrected chi connectivity index (χ1v) is 10.9. The SMILES string of the molecule is Cc1c(C)c(I)c2c(c1I)/C(=C/c1ccc(Br)cc1)OC(=O)N2I. The van der Waals surface area contributed by atoms with Gasteiger partial charge in [0.1, 0.15) is 5.76 Å². The van der Waals surface area contributed by atoms with Gasteiger partial charge in [0.05, 0.1) is 34.1 Å². The topological polar surface area (TPSA) is 29.5 Å². The maximum atomic E-state index is 12.3. The molecule has 0 atom stereocenters. The third-order valence-electron chi connectivity index (χ3n) is 3.85.